The van der Waals surface area contributed by atoms with Crippen LogP contribution in [0.5, 0.6) is 0 Å². The van der Waals surface area contributed by atoms with Crippen molar-refractivity contribution in [1.29, 1.82) is 0 Å². The third kappa shape index (κ3) is 6.21. The van der Waals surface area contributed by atoms with Crippen molar-refractivity contribution in [2.75, 3.05) is 24.7 Å². The Bertz CT molecular complexity index is 979. The maximum absolute atomic E-state index is 14.0. The van der Waals surface area contributed by atoms with Gasteiger partial charge in [-0.05, 0) is 69.8 Å². The molecule has 8 heteroatoms. The lowest BCUT2D eigenvalue weighted by Gasteiger charge is -2.42. The van der Waals surface area contributed by atoms with Crippen molar-refractivity contribution >= 4 is 28.9 Å². The van der Waals surface area contributed by atoms with Gasteiger partial charge in [0.25, 0.3) is 0 Å². The molecular weight excluding hydrogens is 478 g/mol. The molecule has 200 valence electrons. The van der Waals surface area contributed by atoms with Gasteiger partial charge in [-0.25, -0.2) is 4.79 Å². The summed E-state index contributed by atoms with van der Waals surface area (Å²) in [7, 11) is 0. The molecule has 4 rings (SSSR count). The predicted molar refractivity (Wildman–Crippen MR) is 141 cm³/mol. The van der Waals surface area contributed by atoms with E-state index in [2.05, 4.69) is 33.8 Å². The van der Waals surface area contributed by atoms with Crippen LogP contribution in [0.4, 0.5) is 5.69 Å². The van der Waals surface area contributed by atoms with Crippen molar-refractivity contribution in [2.24, 2.45) is 5.92 Å². The van der Waals surface area contributed by atoms with E-state index in [0.717, 1.165) is 24.1 Å². The van der Waals surface area contributed by atoms with Gasteiger partial charge >= 0.3 is 5.97 Å². The molecule has 0 aromatic carbocycles. The highest BCUT2D eigenvalue weighted by atomic mass is 32.1. The second-order valence-electron chi connectivity index (χ2n) is 11.9. The number of aromatic carboxylic acids is 1. The average molecular weight is 520 g/mol. The van der Waals surface area contributed by atoms with Gasteiger partial charge in [0.15, 0.2) is 0 Å². The molecule has 1 aromatic rings. The zero-order chi connectivity index (χ0) is 26.1. The molecule has 0 spiro atoms. The Morgan fingerprint density at radius 3 is 2.50 bits per heavy atom. The maximum Gasteiger partial charge on any atom is 0.348 e. The van der Waals surface area contributed by atoms with Crippen molar-refractivity contribution in [3.8, 4) is 0 Å². The Morgan fingerprint density at radius 1 is 1.22 bits per heavy atom. The number of hydrogen-bond donors (Lipinski definition) is 2. The van der Waals surface area contributed by atoms with E-state index in [9.17, 15) is 19.8 Å². The molecule has 0 radical (unpaired) electrons. The van der Waals surface area contributed by atoms with Crippen LogP contribution in [0.25, 0.3) is 0 Å². The standard InChI is InChI=1S/C28H41NO6S/c1-18-5-7-19(8-6-18)25(30)29(22-15-23(27(2,3)4)36-24(22)26(31)32)20-9-12-28(33,13-10-20)17-35-21-11-14-34-16-21/h5,15,19-21,33H,6-14,16-17H2,1-4H3,(H,31,32)/t19-,20-,21-,28+/m0/s1. The molecule has 2 heterocycles. The molecule has 2 aliphatic carbocycles. The topological polar surface area (TPSA) is 96.3 Å². The van der Waals surface area contributed by atoms with Crippen molar-refractivity contribution in [3.63, 3.8) is 0 Å². The van der Waals surface area contributed by atoms with Crippen LogP contribution >= 0.6 is 11.3 Å². The maximum atomic E-state index is 14.0. The first-order valence-electron chi connectivity index (χ1n) is 13.2. The summed E-state index contributed by atoms with van der Waals surface area (Å²) in [4.78, 5) is 29.3. The van der Waals surface area contributed by atoms with Crippen molar-refractivity contribution in [3.05, 3.63) is 27.5 Å². The predicted octanol–water partition coefficient (Wildman–Crippen LogP) is 5.30. The smallest absolute Gasteiger partial charge is 0.348 e. The summed E-state index contributed by atoms with van der Waals surface area (Å²) in [6.45, 7) is 9.81. The fourth-order valence-electron chi connectivity index (χ4n) is 5.42. The van der Waals surface area contributed by atoms with Gasteiger partial charge in [0, 0.05) is 23.4 Å². The normalized spacial score (nSPS) is 29.1. The molecular formula is C28H41NO6S. The minimum Gasteiger partial charge on any atom is -0.477 e. The van der Waals surface area contributed by atoms with E-state index in [1.165, 1.54) is 16.9 Å². The number of ether oxygens (including phenoxy) is 2. The molecule has 2 fully saturated rings. The van der Waals surface area contributed by atoms with E-state index >= 15 is 0 Å². The van der Waals surface area contributed by atoms with Crippen LogP contribution in [0.2, 0.25) is 0 Å². The van der Waals surface area contributed by atoms with Crippen molar-refractivity contribution < 1.29 is 29.3 Å². The monoisotopic (exact) mass is 519 g/mol. The zero-order valence-corrected chi connectivity index (χ0v) is 22.9. The van der Waals surface area contributed by atoms with Gasteiger partial charge in [0.2, 0.25) is 5.91 Å². The third-order valence-electron chi connectivity index (χ3n) is 7.86. The Labute approximate surface area is 218 Å². The number of carbonyl (C=O) groups is 2. The second-order valence-corrected chi connectivity index (χ2v) is 12.9. The number of allylic oxidation sites excluding steroid dienone is 2. The van der Waals surface area contributed by atoms with E-state index in [4.69, 9.17) is 9.47 Å². The van der Waals surface area contributed by atoms with Gasteiger partial charge in [-0.15, -0.1) is 11.3 Å². The third-order valence-corrected chi connectivity index (χ3v) is 9.39. The molecule has 1 amide bonds. The van der Waals surface area contributed by atoms with Crippen LogP contribution in [0.15, 0.2) is 17.7 Å². The molecule has 0 bridgehead atoms. The first-order valence-corrected chi connectivity index (χ1v) is 14.1. The van der Waals surface area contributed by atoms with E-state index < -0.39 is 11.6 Å². The van der Waals surface area contributed by atoms with E-state index in [1.807, 2.05) is 6.07 Å². The second kappa shape index (κ2) is 10.9. The molecule has 1 saturated heterocycles. The van der Waals surface area contributed by atoms with Crippen LogP contribution in [0.1, 0.15) is 93.6 Å². The van der Waals surface area contributed by atoms with Gasteiger partial charge < -0.3 is 24.6 Å². The van der Waals surface area contributed by atoms with E-state index in [-0.39, 0.29) is 40.9 Å². The number of aliphatic hydroxyl groups is 1. The molecule has 2 atom stereocenters. The number of thiophene rings is 1. The first kappa shape index (κ1) is 27.3. The molecule has 1 saturated carbocycles. The minimum atomic E-state index is -0.998. The Kier molecular flexibility index (Phi) is 8.29. The highest BCUT2D eigenvalue weighted by Gasteiger charge is 2.41. The van der Waals surface area contributed by atoms with Crippen LogP contribution in [-0.2, 0) is 19.7 Å². The molecule has 0 unspecified atom stereocenters. The molecule has 3 aliphatic rings. The molecule has 1 aliphatic heterocycles. The van der Waals surface area contributed by atoms with Gasteiger partial charge in [-0.1, -0.05) is 32.4 Å². The van der Waals surface area contributed by atoms with E-state index in [0.29, 0.717) is 51.0 Å². The summed E-state index contributed by atoms with van der Waals surface area (Å²) >= 11 is 1.27. The summed E-state index contributed by atoms with van der Waals surface area (Å²) in [5.41, 5.74) is 0.668. The largest absolute Gasteiger partial charge is 0.477 e. The summed E-state index contributed by atoms with van der Waals surface area (Å²) in [6.07, 6.45) is 7.62. The van der Waals surface area contributed by atoms with Crippen molar-refractivity contribution in [2.45, 2.75) is 102 Å². The van der Waals surface area contributed by atoms with Gasteiger partial charge in [-0.3, -0.25) is 4.79 Å². The van der Waals surface area contributed by atoms with Crippen LogP contribution < -0.4 is 4.90 Å². The lowest BCUT2D eigenvalue weighted by molar-refractivity contribution is -0.124. The lowest BCUT2D eigenvalue weighted by Crippen LogP contribution is -2.50. The number of hydrogen-bond acceptors (Lipinski definition) is 6. The Morgan fingerprint density at radius 2 is 1.94 bits per heavy atom. The Hall–Kier alpha value is -1.74. The molecule has 7 nitrogen and oxygen atoms in total. The number of carbonyl (C=O) groups excluding carboxylic acids is 1. The zero-order valence-electron chi connectivity index (χ0n) is 22.0. The molecule has 36 heavy (non-hydrogen) atoms. The number of nitrogens with zero attached hydrogens (tertiary/aromatic N) is 1. The van der Waals surface area contributed by atoms with Crippen LogP contribution in [0.3, 0.4) is 0 Å². The summed E-state index contributed by atoms with van der Waals surface area (Å²) in [5, 5.41) is 21.3. The van der Waals surface area contributed by atoms with Crippen LogP contribution in [0, 0.1) is 5.92 Å². The van der Waals surface area contributed by atoms with E-state index in [1.54, 1.807) is 4.90 Å². The highest BCUT2D eigenvalue weighted by molar-refractivity contribution is 7.14. The quantitative estimate of drug-likeness (QED) is 0.475. The summed E-state index contributed by atoms with van der Waals surface area (Å²) < 4.78 is 11.3. The number of anilines is 1. The highest BCUT2D eigenvalue weighted by Crippen LogP contribution is 2.42. The van der Waals surface area contributed by atoms with Gasteiger partial charge in [0.05, 0.1) is 30.6 Å². The molecule has 2 N–H and O–H groups in total. The average Bonchev–Trinajstić information content (AvgIpc) is 3.50. The van der Waals surface area contributed by atoms with Gasteiger partial charge in [-0.2, -0.15) is 0 Å². The van der Waals surface area contributed by atoms with Gasteiger partial charge in [0.1, 0.15) is 4.88 Å². The lowest BCUT2D eigenvalue weighted by atomic mass is 9.81. The SMILES string of the molecule is CC1=CC[C@H](C(=O)N(c2cc(C(C)(C)C)sc2C(=O)O)[C@H]2CC[C@](O)(CO[C@H]3CCOC3)CC2)CC1. The molecule has 1 aromatic heterocycles. The number of carboxylic acids is 1. The summed E-state index contributed by atoms with van der Waals surface area (Å²) in [5.74, 6) is -1.14. The fourth-order valence-corrected chi connectivity index (χ4v) is 6.47. The Balaban J connectivity index is 1.58. The van der Waals surface area contributed by atoms with Crippen LogP contribution in [-0.4, -0.2) is 59.7 Å². The number of amides is 1. The fraction of sp³-hybridized carbons (Fsp3) is 0.714. The number of carboxylic acid groups (broad SMARTS) is 1. The van der Waals surface area contributed by atoms with Crippen molar-refractivity contribution in [1.82, 2.24) is 0 Å². The summed E-state index contributed by atoms with van der Waals surface area (Å²) in [6, 6.07) is 1.76. The first-order chi connectivity index (χ1) is 17.0. The minimum absolute atomic E-state index is 0.00861. The number of rotatable bonds is 7.